The third-order valence-electron chi connectivity index (χ3n) is 2.50. The quantitative estimate of drug-likeness (QED) is 0.827. The molecule has 80 valence electrons. The van der Waals surface area contributed by atoms with E-state index in [1.54, 1.807) is 0 Å². The van der Waals surface area contributed by atoms with E-state index in [0.717, 1.165) is 12.1 Å². The SMILES string of the molecule is CC(C)NCc1ccc2c(c1)ncn2C. The molecular formula is C12H17N3. The summed E-state index contributed by atoms with van der Waals surface area (Å²) in [5.74, 6) is 0. The van der Waals surface area contributed by atoms with Gasteiger partial charge >= 0.3 is 0 Å². The Kier molecular flexibility index (Phi) is 2.73. The van der Waals surface area contributed by atoms with Gasteiger partial charge in [0.15, 0.2) is 0 Å². The average molecular weight is 203 g/mol. The number of nitrogens with zero attached hydrogens (tertiary/aromatic N) is 2. The molecule has 0 aliphatic heterocycles. The Labute approximate surface area is 90.1 Å². The molecule has 0 atom stereocenters. The molecule has 0 aliphatic carbocycles. The summed E-state index contributed by atoms with van der Waals surface area (Å²) in [6.07, 6.45) is 1.85. The number of fused-ring (bicyclic) bond motifs is 1. The highest BCUT2D eigenvalue weighted by Gasteiger charge is 2.01. The fourth-order valence-electron chi connectivity index (χ4n) is 1.61. The Morgan fingerprint density at radius 2 is 2.20 bits per heavy atom. The molecule has 15 heavy (non-hydrogen) atoms. The molecule has 0 spiro atoms. The lowest BCUT2D eigenvalue weighted by Crippen LogP contribution is -2.21. The summed E-state index contributed by atoms with van der Waals surface area (Å²) in [7, 11) is 2.02. The van der Waals surface area contributed by atoms with Crippen LogP contribution >= 0.6 is 0 Å². The third kappa shape index (κ3) is 2.18. The van der Waals surface area contributed by atoms with Gasteiger partial charge in [0.05, 0.1) is 17.4 Å². The number of imidazole rings is 1. The molecule has 0 aliphatic rings. The van der Waals surface area contributed by atoms with Gasteiger partial charge in [-0.25, -0.2) is 4.98 Å². The van der Waals surface area contributed by atoms with Crippen LogP contribution < -0.4 is 5.32 Å². The van der Waals surface area contributed by atoms with Gasteiger partial charge in [-0.2, -0.15) is 0 Å². The predicted octanol–water partition coefficient (Wildman–Crippen LogP) is 2.07. The van der Waals surface area contributed by atoms with Gasteiger partial charge in [-0.3, -0.25) is 0 Å². The van der Waals surface area contributed by atoms with Crippen molar-refractivity contribution in [1.82, 2.24) is 14.9 Å². The maximum absolute atomic E-state index is 4.34. The van der Waals surface area contributed by atoms with Crippen molar-refractivity contribution in [2.45, 2.75) is 26.4 Å². The van der Waals surface area contributed by atoms with E-state index in [0.29, 0.717) is 6.04 Å². The third-order valence-corrected chi connectivity index (χ3v) is 2.50. The standard InChI is InChI=1S/C12H17N3/c1-9(2)13-7-10-4-5-12-11(6-10)14-8-15(12)3/h4-6,8-9,13H,7H2,1-3H3. The van der Waals surface area contributed by atoms with Crippen molar-refractivity contribution in [2.75, 3.05) is 0 Å². The predicted molar refractivity (Wildman–Crippen MR) is 62.7 cm³/mol. The topological polar surface area (TPSA) is 29.9 Å². The first-order valence-corrected chi connectivity index (χ1v) is 5.30. The number of hydrogen-bond acceptors (Lipinski definition) is 2. The Morgan fingerprint density at radius 3 is 2.93 bits per heavy atom. The summed E-state index contributed by atoms with van der Waals surface area (Å²) in [5.41, 5.74) is 3.54. The van der Waals surface area contributed by atoms with E-state index in [1.807, 2.05) is 17.9 Å². The van der Waals surface area contributed by atoms with Crippen molar-refractivity contribution < 1.29 is 0 Å². The minimum absolute atomic E-state index is 0.518. The highest BCUT2D eigenvalue weighted by atomic mass is 15.0. The molecule has 0 bridgehead atoms. The van der Waals surface area contributed by atoms with Crippen LogP contribution in [0.15, 0.2) is 24.5 Å². The Hall–Kier alpha value is -1.35. The van der Waals surface area contributed by atoms with Crippen molar-refractivity contribution in [3.63, 3.8) is 0 Å². The van der Waals surface area contributed by atoms with Crippen LogP contribution in [0.4, 0.5) is 0 Å². The maximum Gasteiger partial charge on any atom is 0.0955 e. The molecular weight excluding hydrogens is 186 g/mol. The zero-order chi connectivity index (χ0) is 10.8. The summed E-state index contributed by atoms with van der Waals surface area (Å²) in [6.45, 7) is 5.21. The number of rotatable bonds is 3. The first-order chi connectivity index (χ1) is 7.16. The zero-order valence-corrected chi connectivity index (χ0v) is 9.49. The first-order valence-electron chi connectivity index (χ1n) is 5.30. The molecule has 0 saturated carbocycles. The van der Waals surface area contributed by atoms with Gasteiger partial charge in [0.25, 0.3) is 0 Å². The molecule has 0 saturated heterocycles. The van der Waals surface area contributed by atoms with Gasteiger partial charge in [0, 0.05) is 19.6 Å². The van der Waals surface area contributed by atoms with Crippen molar-refractivity contribution in [3.8, 4) is 0 Å². The molecule has 3 nitrogen and oxygen atoms in total. The molecule has 0 amide bonds. The summed E-state index contributed by atoms with van der Waals surface area (Å²) < 4.78 is 2.04. The van der Waals surface area contributed by atoms with E-state index in [-0.39, 0.29) is 0 Å². The second-order valence-corrected chi connectivity index (χ2v) is 4.21. The summed E-state index contributed by atoms with van der Waals surface area (Å²) >= 11 is 0. The van der Waals surface area contributed by atoms with Crippen LogP contribution in [0, 0.1) is 0 Å². The molecule has 1 heterocycles. The van der Waals surface area contributed by atoms with Crippen LogP contribution in [0.25, 0.3) is 11.0 Å². The Morgan fingerprint density at radius 1 is 1.40 bits per heavy atom. The van der Waals surface area contributed by atoms with Crippen LogP contribution in [0.3, 0.4) is 0 Å². The first kappa shape index (κ1) is 10.2. The minimum Gasteiger partial charge on any atom is -0.334 e. The van der Waals surface area contributed by atoms with Crippen molar-refractivity contribution in [3.05, 3.63) is 30.1 Å². The molecule has 1 aromatic carbocycles. The van der Waals surface area contributed by atoms with E-state index in [1.165, 1.54) is 11.1 Å². The van der Waals surface area contributed by atoms with Crippen molar-refractivity contribution in [2.24, 2.45) is 7.05 Å². The van der Waals surface area contributed by atoms with Crippen molar-refractivity contribution >= 4 is 11.0 Å². The molecule has 2 aromatic rings. The average Bonchev–Trinajstić information content (AvgIpc) is 2.57. The lowest BCUT2D eigenvalue weighted by molar-refractivity contribution is 0.589. The molecule has 1 N–H and O–H groups in total. The lowest BCUT2D eigenvalue weighted by Gasteiger charge is -2.07. The van der Waals surface area contributed by atoms with E-state index in [9.17, 15) is 0 Å². The summed E-state index contributed by atoms with van der Waals surface area (Å²) in [6, 6.07) is 6.94. The number of hydrogen-bond donors (Lipinski definition) is 1. The second kappa shape index (κ2) is 4.03. The minimum atomic E-state index is 0.518. The fourth-order valence-corrected chi connectivity index (χ4v) is 1.61. The lowest BCUT2D eigenvalue weighted by atomic mass is 10.2. The number of aromatic nitrogens is 2. The largest absolute Gasteiger partial charge is 0.334 e. The van der Waals surface area contributed by atoms with Crippen LogP contribution in [0.5, 0.6) is 0 Å². The molecule has 1 aromatic heterocycles. The summed E-state index contributed by atoms with van der Waals surface area (Å²) in [5, 5.41) is 3.40. The van der Waals surface area contributed by atoms with Crippen molar-refractivity contribution in [1.29, 1.82) is 0 Å². The summed E-state index contributed by atoms with van der Waals surface area (Å²) in [4.78, 5) is 4.34. The van der Waals surface area contributed by atoms with E-state index in [2.05, 4.69) is 42.3 Å². The highest BCUT2D eigenvalue weighted by molar-refractivity contribution is 5.75. The second-order valence-electron chi connectivity index (χ2n) is 4.21. The Bertz CT molecular complexity index is 457. The van der Waals surface area contributed by atoms with Gasteiger partial charge in [0.2, 0.25) is 0 Å². The van der Waals surface area contributed by atoms with Crippen LogP contribution in [0.1, 0.15) is 19.4 Å². The normalized spacial score (nSPS) is 11.5. The zero-order valence-electron chi connectivity index (χ0n) is 9.49. The smallest absolute Gasteiger partial charge is 0.0955 e. The maximum atomic E-state index is 4.34. The number of nitrogens with one attached hydrogen (secondary N) is 1. The van der Waals surface area contributed by atoms with Gasteiger partial charge in [0.1, 0.15) is 0 Å². The molecule has 2 rings (SSSR count). The highest BCUT2D eigenvalue weighted by Crippen LogP contribution is 2.13. The van der Waals surface area contributed by atoms with Crippen LogP contribution in [-0.2, 0) is 13.6 Å². The van der Waals surface area contributed by atoms with Crippen LogP contribution in [-0.4, -0.2) is 15.6 Å². The van der Waals surface area contributed by atoms with Gasteiger partial charge in [-0.1, -0.05) is 19.9 Å². The van der Waals surface area contributed by atoms with E-state index < -0.39 is 0 Å². The van der Waals surface area contributed by atoms with E-state index in [4.69, 9.17) is 0 Å². The van der Waals surface area contributed by atoms with Gasteiger partial charge < -0.3 is 9.88 Å². The molecule has 3 heteroatoms. The molecule has 0 unspecified atom stereocenters. The van der Waals surface area contributed by atoms with Crippen LogP contribution in [0.2, 0.25) is 0 Å². The molecule has 0 radical (unpaired) electrons. The monoisotopic (exact) mass is 203 g/mol. The fraction of sp³-hybridized carbons (Fsp3) is 0.417. The number of benzene rings is 1. The molecule has 0 fully saturated rings. The Balaban J connectivity index is 2.23. The van der Waals surface area contributed by atoms with Gasteiger partial charge in [-0.15, -0.1) is 0 Å². The van der Waals surface area contributed by atoms with E-state index >= 15 is 0 Å². The van der Waals surface area contributed by atoms with Gasteiger partial charge in [-0.05, 0) is 17.7 Å². The number of aryl methyl sites for hydroxylation is 1.